The van der Waals surface area contributed by atoms with E-state index in [-0.39, 0.29) is 31.1 Å². The molecule has 0 aliphatic rings. The van der Waals surface area contributed by atoms with E-state index in [1.165, 1.54) is 218 Å². The van der Waals surface area contributed by atoms with Gasteiger partial charge in [-0.05, 0) is 83.5 Å². The fourth-order valence-electron chi connectivity index (χ4n) is 9.96. The number of hydrogen-bond acceptors (Lipinski definition) is 6. The highest BCUT2D eigenvalue weighted by Crippen LogP contribution is 2.18. The van der Waals surface area contributed by atoms with E-state index in [2.05, 4.69) is 81.5 Å². The van der Waals surface area contributed by atoms with Crippen LogP contribution in [0.4, 0.5) is 0 Å². The molecule has 0 spiro atoms. The molecule has 1 atom stereocenters. The van der Waals surface area contributed by atoms with Gasteiger partial charge in [0.05, 0.1) is 0 Å². The van der Waals surface area contributed by atoms with Gasteiger partial charge in [0, 0.05) is 19.3 Å². The van der Waals surface area contributed by atoms with Crippen molar-refractivity contribution in [1.29, 1.82) is 0 Å². The summed E-state index contributed by atoms with van der Waals surface area (Å²) in [5, 5.41) is 0. The monoisotopic (exact) mass is 1080 g/mol. The summed E-state index contributed by atoms with van der Waals surface area (Å²) in [6.07, 6.45) is 84.0. The van der Waals surface area contributed by atoms with Crippen LogP contribution in [0, 0.1) is 0 Å². The van der Waals surface area contributed by atoms with Crippen LogP contribution >= 0.6 is 0 Å². The number of unbranched alkanes of at least 4 members (excludes halogenated alkanes) is 41. The molecule has 0 aromatic carbocycles. The Bertz CT molecular complexity index is 1380. The molecule has 0 radical (unpaired) electrons. The van der Waals surface area contributed by atoms with Crippen LogP contribution < -0.4 is 0 Å². The van der Waals surface area contributed by atoms with Gasteiger partial charge >= 0.3 is 17.9 Å². The maximum absolute atomic E-state index is 12.9. The summed E-state index contributed by atoms with van der Waals surface area (Å²) in [7, 11) is 0. The molecule has 0 heterocycles. The van der Waals surface area contributed by atoms with Gasteiger partial charge < -0.3 is 14.2 Å². The first kappa shape index (κ1) is 74.1. The Labute approximate surface area is 479 Å². The van der Waals surface area contributed by atoms with E-state index in [1.807, 2.05) is 0 Å². The van der Waals surface area contributed by atoms with E-state index < -0.39 is 6.10 Å². The predicted octanol–water partition coefficient (Wildman–Crippen LogP) is 23.1. The molecule has 0 aromatic heterocycles. The SMILES string of the molecule is CC/C=C\C/C=C\C/C=C\C/C=C\CCCCCCC(=O)OC(COC(=O)CCCCCCCCCCCCC)COC(=O)CCCCCCCCCCCCCCCCCCCCC/C=C\CCCCCCCCCC. The van der Waals surface area contributed by atoms with Gasteiger partial charge in [0.25, 0.3) is 0 Å². The van der Waals surface area contributed by atoms with Crippen LogP contribution in [0.25, 0.3) is 0 Å². The Balaban J connectivity index is 4.13. The molecule has 0 rings (SSSR count). The molecule has 77 heavy (non-hydrogen) atoms. The lowest BCUT2D eigenvalue weighted by molar-refractivity contribution is -0.167. The van der Waals surface area contributed by atoms with Crippen molar-refractivity contribution in [2.75, 3.05) is 13.2 Å². The van der Waals surface area contributed by atoms with Crippen LogP contribution in [0.3, 0.4) is 0 Å². The number of esters is 3. The maximum atomic E-state index is 12.9. The fraction of sp³-hybridized carbons (Fsp3) is 0.817. The second kappa shape index (κ2) is 65.6. The molecule has 6 heteroatoms. The molecule has 0 aliphatic carbocycles. The van der Waals surface area contributed by atoms with Crippen LogP contribution in [0.5, 0.6) is 0 Å². The highest BCUT2D eigenvalue weighted by atomic mass is 16.6. The van der Waals surface area contributed by atoms with Crippen LogP contribution in [0.1, 0.15) is 355 Å². The van der Waals surface area contributed by atoms with Gasteiger partial charge in [-0.25, -0.2) is 0 Å². The molecule has 0 aromatic rings. The maximum Gasteiger partial charge on any atom is 0.306 e. The third kappa shape index (κ3) is 63.8. The highest BCUT2D eigenvalue weighted by Gasteiger charge is 2.19. The van der Waals surface area contributed by atoms with E-state index in [1.54, 1.807) is 0 Å². The zero-order valence-corrected chi connectivity index (χ0v) is 51.5. The third-order valence-corrected chi connectivity index (χ3v) is 15.0. The van der Waals surface area contributed by atoms with Gasteiger partial charge in [0.15, 0.2) is 6.10 Å². The van der Waals surface area contributed by atoms with Gasteiger partial charge in [-0.1, -0.05) is 313 Å². The summed E-state index contributed by atoms with van der Waals surface area (Å²) >= 11 is 0. The van der Waals surface area contributed by atoms with Crippen molar-refractivity contribution in [2.24, 2.45) is 0 Å². The number of allylic oxidation sites excluding steroid dienone is 10. The average Bonchev–Trinajstić information content (AvgIpc) is 3.43. The summed E-state index contributed by atoms with van der Waals surface area (Å²) in [6.45, 7) is 6.54. The van der Waals surface area contributed by atoms with Gasteiger partial charge in [0.2, 0.25) is 0 Å². The molecule has 0 fully saturated rings. The van der Waals surface area contributed by atoms with Crippen molar-refractivity contribution in [3.8, 4) is 0 Å². The zero-order valence-electron chi connectivity index (χ0n) is 51.5. The Hall–Kier alpha value is -2.89. The number of carbonyl (C=O) groups is 3. The van der Waals surface area contributed by atoms with E-state index in [4.69, 9.17) is 14.2 Å². The summed E-state index contributed by atoms with van der Waals surface area (Å²) in [5.41, 5.74) is 0. The molecular formula is C71H128O6. The fourth-order valence-corrected chi connectivity index (χ4v) is 9.96. The van der Waals surface area contributed by atoms with Crippen LogP contribution in [0.2, 0.25) is 0 Å². The van der Waals surface area contributed by atoms with Crippen molar-refractivity contribution >= 4 is 17.9 Å². The first-order valence-electron chi connectivity index (χ1n) is 33.8. The smallest absolute Gasteiger partial charge is 0.306 e. The number of hydrogen-bond donors (Lipinski definition) is 0. The van der Waals surface area contributed by atoms with E-state index in [9.17, 15) is 14.4 Å². The molecular weight excluding hydrogens is 949 g/mol. The minimum Gasteiger partial charge on any atom is -0.462 e. The Morgan fingerprint density at radius 3 is 0.805 bits per heavy atom. The van der Waals surface area contributed by atoms with Gasteiger partial charge in [-0.2, -0.15) is 0 Å². The van der Waals surface area contributed by atoms with Crippen molar-refractivity contribution < 1.29 is 28.6 Å². The molecule has 0 N–H and O–H groups in total. The lowest BCUT2D eigenvalue weighted by Crippen LogP contribution is -2.30. The first-order valence-corrected chi connectivity index (χ1v) is 33.8. The molecule has 1 unspecified atom stereocenters. The first-order chi connectivity index (χ1) is 38.0. The van der Waals surface area contributed by atoms with Crippen molar-refractivity contribution in [2.45, 2.75) is 361 Å². The average molecular weight is 1080 g/mol. The summed E-state index contributed by atoms with van der Waals surface area (Å²) < 4.78 is 16.9. The van der Waals surface area contributed by atoms with Gasteiger partial charge in [-0.15, -0.1) is 0 Å². The van der Waals surface area contributed by atoms with Crippen LogP contribution in [-0.2, 0) is 28.6 Å². The summed E-state index contributed by atoms with van der Waals surface area (Å²) in [6, 6.07) is 0. The minimum atomic E-state index is -0.785. The lowest BCUT2D eigenvalue weighted by Gasteiger charge is -2.18. The van der Waals surface area contributed by atoms with Crippen molar-refractivity contribution in [1.82, 2.24) is 0 Å². The molecule has 448 valence electrons. The van der Waals surface area contributed by atoms with E-state index in [0.29, 0.717) is 19.3 Å². The van der Waals surface area contributed by atoms with Gasteiger partial charge in [-0.3, -0.25) is 14.4 Å². The number of rotatable bonds is 62. The standard InChI is InChI=1S/C71H128O6/c1-4-7-10-13-16-19-22-24-26-28-29-30-31-32-33-34-35-36-37-38-39-40-41-43-44-46-49-52-55-58-61-64-70(73)76-67-68(66-75-69(72)63-60-57-54-51-48-21-18-15-12-9-6-3)77-71(74)65-62-59-56-53-50-47-45-42-27-25-23-20-17-14-11-8-5-2/h8,11,17,20,25,27-29,45,47,68H,4-7,9-10,12-16,18-19,21-24,26,30-44,46,48-67H2,1-3H3/b11-8-,20-17-,27-25-,29-28-,47-45-. The third-order valence-electron chi connectivity index (χ3n) is 15.0. The quantitative estimate of drug-likeness (QED) is 0.0261. The highest BCUT2D eigenvalue weighted by molar-refractivity contribution is 5.71. The Morgan fingerprint density at radius 1 is 0.273 bits per heavy atom. The molecule has 0 bridgehead atoms. The number of ether oxygens (including phenoxy) is 3. The molecule has 0 saturated carbocycles. The molecule has 0 amide bonds. The predicted molar refractivity (Wildman–Crippen MR) is 335 cm³/mol. The van der Waals surface area contributed by atoms with Crippen molar-refractivity contribution in [3.05, 3.63) is 60.8 Å². The van der Waals surface area contributed by atoms with Crippen LogP contribution in [-0.4, -0.2) is 37.2 Å². The van der Waals surface area contributed by atoms with E-state index >= 15 is 0 Å². The van der Waals surface area contributed by atoms with Gasteiger partial charge in [0.1, 0.15) is 13.2 Å². The molecule has 6 nitrogen and oxygen atoms in total. The minimum absolute atomic E-state index is 0.0801. The lowest BCUT2D eigenvalue weighted by atomic mass is 10.0. The topological polar surface area (TPSA) is 78.9 Å². The summed E-state index contributed by atoms with van der Waals surface area (Å²) in [4.78, 5) is 38.2. The number of carbonyl (C=O) groups excluding carboxylic acids is 3. The second-order valence-corrected chi connectivity index (χ2v) is 22.7. The zero-order chi connectivity index (χ0) is 55.7. The largest absolute Gasteiger partial charge is 0.462 e. The molecule has 0 saturated heterocycles. The Morgan fingerprint density at radius 2 is 0.506 bits per heavy atom. The second-order valence-electron chi connectivity index (χ2n) is 22.7. The summed E-state index contributed by atoms with van der Waals surface area (Å²) in [5.74, 6) is -0.886. The normalized spacial score (nSPS) is 12.4. The van der Waals surface area contributed by atoms with Crippen LogP contribution in [0.15, 0.2) is 60.8 Å². The van der Waals surface area contributed by atoms with Crippen molar-refractivity contribution in [3.63, 3.8) is 0 Å². The van der Waals surface area contributed by atoms with E-state index in [0.717, 1.165) is 96.3 Å². The Kier molecular flexibility index (Phi) is 63.2. The molecule has 0 aliphatic heterocycles.